The van der Waals surface area contributed by atoms with Gasteiger partial charge in [0.25, 0.3) is 0 Å². The molecule has 1 aliphatic heterocycles. The second-order valence-electron chi connectivity index (χ2n) is 7.04. The highest BCUT2D eigenvalue weighted by atomic mass is 16.5. The van der Waals surface area contributed by atoms with Gasteiger partial charge in [0, 0.05) is 31.2 Å². The van der Waals surface area contributed by atoms with Crippen LogP contribution in [0.5, 0.6) is 0 Å². The van der Waals surface area contributed by atoms with Crippen LogP contribution >= 0.6 is 0 Å². The first-order valence-electron chi connectivity index (χ1n) is 9.04. The monoisotopic (exact) mass is 349 g/mol. The van der Waals surface area contributed by atoms with E-state index in [9.17, 15) is 0 Å². The van der Waals surface area contributed by atoms with Gasteiger partial charge >= 0.3 is 0 Å². The molecule has 3 aromatic heterocycles. The fraction of sp³-hybridized carbons (Fsp3) is 0.400. The zero-order chi connectivity index (χ0) is 17.9. The Bertz CT molecular complexity index is 857. The number of aryl methyl sites for hydroxylation is 2. The number of pyridine rings is 1. The number of hydrogen-bond donors (Lipinski definition) is 0. The first kappa shape index (κ1) is 16.8. The largest absolute Gasteiger partial charge is 0.361 e. The fourth-order valence-electron chi connectivity index (χ4n) is 3.76. The second kappa shape index (κ2) is 7.33. The van der Waals surface area contributed by atoms with Crippen molar-refractivity contribution in [1.82, 2.24) is 25.0 Å². The number of likely N-dealkylation sites (tertiary alicyclic amines) is 1. The van der Waals surface area contributed by atoms with Crippen molar-refractivity contribution in [1.29, 1.82) is 0 Å². The van der Waals surface area contributed by atoms with Crippen LogP contribution in [-0.4, -0.2) is 38.1 Å². The Hall–Kier alpha value is -2.60. The van der Waals surface area contributed by atoms with Crippen LogP contribution in [0.15, 0.2) is 41.4 Å². The van der Waals surface area contributed by atoms with Crippen molar-refractivity contribution in [3.8, 4) is 11.3 Å². The maximum atomic E-state index is 5.27. The minimum absolute atomic E-state index is 0.629. The van der Waals surface area contributed by atoms with Gasteiger partial charge in [0.1, 0.15) is 12.1 Å². The second-order valence-corrected chi connectivity index (χ2v) is 7.04. The van der Waals surface area contributed by atoms with E-state index in [2.05, 4.69) is 43.2 Å². The van der Waals surface area contributed by atoms with Crippen LogP contribution in [0.1, 0.15) is 29.1 Å². The molecule has 0 bridgehead atoms. The van der Waals surface area contributed by atoms with Crippen molar-refractivity contribution in [2.45, 2.75) is 33.2 Å². The molecule has 1 atom stereocenters. The third-order valence-corrected chi connectivity index (χ3v) is 5.04. The molecule has 0 aliphatic carbocycles. The molecule has 6 heteroatoms. The average Bonchev–Trinajstić information content (AvgIpc) is 3.22. The smallest absolute Gasteiger partial charge is 0.143 e. The molecule has 0 saturated carbocycles. The van der Waals surface area contributed by atoms with E-state index in [1.807, 2.05) is 26.2 Å². The Balaban J connectivity index is 1.41. The minimum atomic E-state index is 0.629. The van der Waals surface area contributed by atoms with Crippen molar-refractivity contribution < 1.29 is 4.52 Å². The molecular weight excluding hydrogens is 326 g/mol. The van der Waals surface area contributed by atoms with Gasteiger partial charge in [-0.1, -0.05) is 5.16 Å². The van der Waals surface area contributed by atoms with Gasteiger partial charge in [-0.25, -0.2) is 9.97 Å². The van der Waals surface area contributed by atoms with Crippen LogP contribution in [0, 0.1) is 19.8 Å². The molecule has 4 rings (SSSR count). The summed E-state index contributed by atoms with van der Waals surface area (Å²) in [6.07, 6.45) is 7.56. The molecule has 1 fully saturated rings. The van der Waals surface area contributed by atoms with Gasteiger partial charge in [0.15, 0.2) is 0 Å². The minimum Gasteiger partial charge on any atom is -0.361 e. The molecule has 0 N–H and O–H groups in total. The Labute approximate surface area is 153 Å². The Kier molecular flexibility index (Phi) is 4.75. The molecule has 0 radical (unpaired) electrons. The first-order valence-corrected chi connectivity index (χ1v) is 9.04. The van der Waals surface area contributed by atoms with Gasteiger partial charge in [-0.15, -0.1) is 0 Å². The average molecular weight is 349 g/mol. The molecule has 0 amide bonds. The molecule has 4 heterocycles. The van der Waals surface area contributed by atoms with E-state index in [4.69, 9.17) is 4.52 Å². The number of hydrogen-bond acceptors (Lipinski definition) is 6. The summed E-state index contributed by atoms with van der Waals surface area (Å²) in [4.78, 5) is 15.5. The van der Waals surface area contributed by atoms with E-state index >= 15 is 0 Å². The summed E-state index contributed by atoms with van der Waals surface area (Å²) < 4.78 is 5.27. The lowest BCUT2D eigenvalue weighted by Crippen LogP contribution is -2.20. The Morgan fingerprint density at radius 3 is 2.81 bits per heavy atom. The van der Waals surface area contributed by atoms with Gasteiger partial charge in [0.2, 0.25) is 0 Å². The molecular formula is C20H23N5O. The van der Waals surface area contributed by atoms with E-state index in [1.165, 1.54) is 12.0 Å². The van der Waals surface area contributed by atoms with Crippen LogP contribution in [0.2, 0.25) is 0 Å². The standard InChI is InChI=1S/C20H23N5O/c1-14-20(15(2)26-24-14)19-10-18(22-13-23-19)9-17-5-8-25(12-17)11-16-3-6-21-7-4-16/h3-4,6-7,10,13,17H,5,8-9,11-12H2,1-2H3. The molecule has 0 aromatic carbocycles. The van der Waals surface area contributed by atoms with Gasteiger partial charge in [-0.2, -0.15) is 0 Å². The summed E-state index contributed by atoms with van der Waals surface area (Å²) in [7, 11) is 0. The van der Waals surface area contributed by atoms with Crippen LogP contribution in [0.4, 0.5) is 0 Å². The first-order chi connectivity index (χ1) is 12.7. The zero-order valence-corrected chi connectivity index (χ0v) is 15.2. The van der Waals surface area contributed by atoms with Crippen LogP contribution < -0.4 is 0 Å². The zero-order valence-electron chi connectivity index (χ0n) is 15.2. The van der Waals surface area contributed by atoms with E-state index in [-0.39, 0.29) is 0 Å². The number of aromatic nitrogens is 4. The summed E-state index contributed by atoms with van der Waals surface area (Å²) in [6, 6.07) is 6.26. The van der Waals surface area contributed by atoms with E-state index < -0.39 is 0 Å². The molecule has 1 aliphatic rings. The highest BCUT2D eigenvalue weighted by Crippen LogP contribution is 2.27. The van der Waals surface area contributed by atoms with Crippen molar-refractivity contribution in [3.05, 3.63) is 59.6 Å². The van der Waals surface area contributed by atoms with E-state index in [0.717, 1.165) is 54.5 Å². The van der Waals surface area contributed by atoms with Crippen LogP contribution in [0.3, 0.4) is 0 Å². The van der Waals surface area contributed by atoms with Crippen molar-refractivity contribution in [3.63, 3.8) is 0 Å². The van der Waals surface area contributed by atoms with Gasteiger partial charge in [-0.3, -0.25) is 9.88 Å². The number of rotatable bonds is 5. The lowest BCUT2D eigenvalue weighted by molar-refractivity contribution is 0.316. The predicted molar refractivity (Wildman–Crippen MR) is 98.3 cm³/mol. The SMILES string of the molecule is Cc1noc(C)c1-c1cc(CC2CCN(Cc3ccncc3)C2)ncn1. The van der Waals surface area contributed by atoms with Gasteiger partial charge < -0.3 is 4.52 Å². The highest BCUT2D eigenvalue weighted by molar-refractivity contribution is 5.63. The van der Waals surface area contributed by atoms with Crippen molar-refractivity contribution in [2.75, 3.05) is 13.1 Å². The van der Waals surface area contributed by atoms with Crippen molar-refractivity contribution in [2.24, 2.45) is 5.92 Å². The molecule has 1 saturated heterocycles. The third kappa shape index (κ3) is 3.65. The lowest BCUT2D eigenvalue weighted by atomic mass is 10.0. The topological polar surface area (TPSA) is 67.9 Å². The predicted octanol–water partition coefficient (Wildman–Crippen LogP) is 3.21. The summed E-state index contributed by atoms with van der Waals surface area (Å²) in [6.45, 7) is 7.10. The summed E-state index contributed by atoms with van der Waals surface area (Å²) in [5.74, 6) is 1.43. The third-order valence-electron chi connectivity index (χ3n) is 5.04. The molecule has 3 aromatic rings. The summed E-state index contributed by atoms with van der Waals surface area (Å²) in [5.41, 5.74) is 5.17. The Morgan fingerprint density at radius 1 is 1.19 bits per heavy atom. The molecule has 26 heavy (non-hydrogen) atoms. The summed E-state index contributed by atoms with van der Waals surface area (Å²) >= 11 is 0. The maximum Gasteiger partial charge on any atom is 0.143 e. The Morgan fingerprint density at radius 2 is 2.04 bits per heavy atom. The van der Waals surface area contributed by atoms with Gasteiger partial charge in [-0.05, 0) is 62.9 Å². The normalized spacial score (nSPS) is 17.7. The highest BCUT2D eigenvalue weighted by Gasteiger charge is 2.23. The van der Waals surface area contributed by atoms with E-state index in [1.54, 1.807) is 6.33 Å². The number of nitrogens with zero attached hydrogens (tertiary/aromatic N) is 5. The maximum absolute atomic E-state index is 5.27. The molecule has 1 unspecified atom stereocenters. The van der Waals surface area contributed by atoms with Crippen LogP contribution in [-0.2, 0) is 13.0 Å². The fourth-order valence-corrected chi connectivity index (χ4v) is 3.76. The van der Waals surface area contributed by atoms with Crippen LogP contribution in [0.25, 0.3) is 11.3 Å². The molecule has 0 spiro atoms. The summed E-state index contributed by atoms with van der Waals surface area (Å²) in [5, 5.41) is 4.03. The van der Waals surface area contributed by atoms with Gasteiger partial charge in [0.05, 0.1) is 17.0 Å². The lowest BCUT2D eigenvalue weighted by Gasteiger charge is -2.16. The molecule has 6 nitrogen and oxygen atoms in total. The van der Waals surface area contributed by atoms with E-state index in [0.29, 0.717) is 5.92 Å². The quantitative estimate of drug-likeness (QED) is 0.704. The van der Waals surface area contributed by atoms with Crippen molar-refractivity contribution >= 4 is 0 Å². The molecule has 134 valence electrons.